The topological polar surface area (TPSA) is 78.2 Å². The number of aryl methyl sites for hydroxylation is 1. The fraction of sp³-hybridized carbons (Fsp3) is 0.267. The summed E-state index contributed by atoms with van der Waals surface area (Å²) in [6.07, 6.45) is -4.13. The second-order valence-electron chi connectivity index (χ2n) is 9.47. The number of methoxy groups -OCH3 is 2. The Labute approximate surface area is 227 Å². The van der Waals surface area contributed by atoms with E-state index in [1.54, 1.807) is 31.2 Å². The third-order valence-electron chi connectivity index (χ3n) is 7.03. The standard InChI is InChI=1S/C30H26F3NO6/c1-17-11-28(35)40-25-14-21(7-8-22(17)25)39-16-24-23-15-27(38-3)26(37-2)13-18(23)9-10-34(24)29(36)19-5-4-6-20(12-19)30(31,32)33/h4-8,11-15,24H,9-10,16H2,1-3H3. The Balaban J connectivity index is 1.52. The van der Waals surface area contributed by atoms with Crippen molar-refractivity contribution in [3.8, 4) is 17.2 Å². The van der Waals surface area contributed by atoms with Gasteiger partial charge in [0, 0.05) is 29.6 Å². The van der Waals surface area contributed by atoms with Crippen molar-refractivity contribution < 1.29 is 36.6 Å². The van der Waals surface area contributed by atoms with Crippen LogP contribution in [-0.2, 0) is 12.6 Å². The van der Waals surface area contributed by atoms with Crippen LogP contribution in [0.1, 0.15) is 38.7 Å². The molecule has 1 aliphatic rings. The molecule has 4 aromatic rings. The van der Waals surface area contributed by atoms with Crippen LogP contribution in [0.2, 0.25) is 0 Å². The minimum atomic E-state index is -4.58. The summed E-state index contributed by atoms with van der Waals surface area (Å²) >= 11 is 0. The molecule has 1 aliphatic heterocycles. The third kappa shape index (κ3) is 5.21. The fourth-order valence-electron chi connectivity index (χ4n) is 5.02. The lowest BCUT2D eigenvalue weighted by atomic mass is 9.91. The van der Waals surface area contributed by atoms with E-state index in [2.05, 4.69) is 0 Å². The molecule has 1 unspecified atom stereocenters. The van der Waals surface area contributed by atoms with Crippen molar-refractivity contribution >= 4 is 16.9 Å². The first-order valence-electron chi connectivity index (χ1n) is 12.5. The normalized spacial score (nSPS) is 15.1. The summed E-state index contributed by atoms with van der Waals surface area (Å²) in [4.78, 5) is 27.0. The molecule has 208 valence electrons. The van der Waals surface area contributed by atoms with Crippen LogP contribution in [-0.4, -0.2) is 38.2 Å². The average Bonchev–Trinajstić information content (AvgIpc) is 2.93. The Morgan fingerprint density at radius 3 is 2.50 bits per heavy atom. The SMILES string of the molecule is COc1cc2c(cc1OC)C(COc1ccc3c(C)cc(=O)oc3c1)N(C(=O)c1cccc(C(F)(F)F)c1)CC2. The number of alkyl halides is 3. The second-order valence-corrected chi connectivity index (χ2v) is 9.47. The van der Waals surface area contributed by atoms with Crippen LogP contribution in [0.4, 0.5) is 13.2 Å². The summed E-state index contributed by atoms with van der Waals surface area (Å²) in [5.41, 5.74) is 1.29. The van der Waals surface area contributed by atoms with Crippen molar-refractivity contribution in [2.45, 2.75) is 25.6 Å². The van der Waals surface area contributed by atoms with Gasteiger partial charge < -0.3 is 23.5 Å². The number of hydrogen-bond acceptors (Lipinski definition) is 6. The molecule has 2 heterocycles. The van der Waals surface area contributed by atoms with Gasteiger partial charge in [0.05, 0.1) is 25.8 Å². The van der Waals surface area contributed by atoms with Crippen molar-refractivity contribution in [1.82, 2.24) is 4.90 Å². The van der Waals surface area contributed by atoms with Crippen molar-refractivity contribution in [2.24, 2.45) is 0 Å². The van der Waals surface area contributed by atoms with Gasteiger partial charge in [-0.1, -0.05) is 6.07 Å². The van der Waals surface area contributed by atoms with Gasteiger partial charge in [0.15, 0.2) is 11.5 Å². The Hall–Kier alpha value is -4.47. The second kappa shape index (κ2) is 10.6. The number of benzene rings is 3. The highest BCUT2D eigenvalue weighted by Gasteiger charge is 2.35. The van der Waals surface area contributed by atoms with Gasteiger partial charge in [-0.25, -0.2) is 4.79 Å². The molecule has 40 heavy (non-hydrogen) atoms. The number of carbonyl (C=O) groups is 1. The summed E-state index contributed by atoms with van der Waals surface area (Å²) in [6, 6.07) is 13.8. The average molecular weight is 554 g/mol. The molecule has 10 heteroatoms. The quantitative estimate of drug-likeness (QED) is 0.275. The van der Waals surface area contributed by atoms with Crippen LogP contribution in [0.25, 0.3) is 11.0 Å². The first-order chi connectivity index (χ1) is 19.1. The van der Waals surface area contributed by atoms with Crippen molar-refractivity contribution in [3.05, 3.63) is 98.9 Å². The Bertz CT molecular complexity index is 1650. The molecule has 0 N–H and O–H groups in total. The van der Waals surface area contributed by atoms with Crippen LogP contribution in [0.15, 0.2) is 69.9 Å². The van der Waals surface area contributed by atoms with Gasteiger partial charge in [-0.2, -0.15) is 13.2 Å². The molecule has 0 radical (unpaired) electrons. The molecule has 1 amide bonds. The van der Waals surface area contributed by atoms with Crippen LogP contribution in [0.3, 0.4) is 0 Å². The van der Waals surface area contributed by atoms with Gasteiger partial charge in [0.25, 0.3) is 5.91 Å². The van der Waals surface area contributed by atoms with Gasteiger partial charge in [0.1, 0.15) is 17.9 Å². The van der Waals surface area contributed by atoms with E-state index in [-0.39, 0.29) is 18.7 Å². The number of amides is 1. The molecule has 0 bridgehead atoms. The molecule has 1 aromatic heterocycles. The monoisotopic (exact) mass is 553 g/mol. The number of hydrogen-bond donors (Lipinski definition) is 0. The van der Waals surface area contributed by atoms with Gasteiger partial charge in [-0.15, -0.1) is 0 Å². The zero-order valence-electron chi connectivity index (χ0n) is 22.0. The lowest BCUT2D eigenvalue weighted by Crippen LogP contribution is -2.42. The molecular weight excluding hydrogens is 527 g/mol. The van der Waals surface area contributed by atoms with Crippen LogP contribution in [0.5, 0.6) is 17.2 Å². The van der Waals surface area contributed by atoms with Crippen LogP contribution in [0, 0.1) is 6.92 Å². The van der Waals surface area contributed by atoms with E-state index in [1.807, 2.05) is 6.07 Å². The summed E-state index contributed by atoms with van der Waals surface area (Å²) < 4.78 is 62.5. The first kappa shape index (κ1) is 27.1. The highest BCUT2D eigenvalue weighted by atomic mass is 19.4. The lowest BCUT2D eigenvalue weighted by Gasteiger charge is -2.37. The van der Waals surface area contributed by atoms with E-state index < -0.39 is 29.3 Å². The van der Waals surface area contributed by atoms with Crippen molar-refractivity contribution in [1.29, 1.82) is 0 Å². The summed E-state index contributed by atoms with van der Waals surface area (Å²) in [7, 11) is 3.02. The Morgan fingerprint density at radius 2 is 1.77 bits per heavy atom. The molecular formula is C30H26F3NO6. The highest BCUT2D eigenvalue weighted by molar-refractivity contribution is 5.95. The number of fused-ring (bicyclic) bond motifs is 2. The van der Waals surface area contributed by atoms with Gasteiger partial charge >= 0.3 is 11.8 Å². The minimum Gasteiger partial charge on any atom is -0.493 e. The molecule has 1 atom stereocenters. The Morgan fingerprint density at radius 1 is 1.02 bits per heavy atom. The van der Waals surface area contributed by atoms with Crippen molar-refractivity contribution in [3.63, 3.8) is 0 Å². The molecule has 3 aromatic carbocycles. The highest BCUT2D eigenvalue weighted by Crippen LogP contribution is 2.39. The zero-order chi connectivity index (χ0) is 28.6. The van der Waals surface area contributed by atoms with E-state index in [9.17, 15) is 22.8 Å². The molecule has 5 rings (SSSR count). The van der Waals surface area contributed by atoms with E-state index >= 15 is 0 Å². The number of ether oxygens (including phenoxy) is 3. The van der Waals surface area contributed by atoms with Gasteiger partial charge in [0.2, 0.25) is 0 Å². The predicted octanol–water partition coefficient (Wildman–Crippen LogP) is 5.96. The zero-order valence-corrected chi connectivity index (χ0v) is 22.0. The van der Waals surface area contributed by atoms with E-state index in [0.717, 1.165) is 34.2 Å². The maximum atomic E-state index is 13.6. The largest absolute Gasteiger partial charge is 0.493 e. The molecule has 0 fully saturated rings. The maximum absolute atomic E-state index is 13.6. The van der Waals surface area contributed by atoms with E-state index in [4.69, 9.17) is 18.6 Å². The van der Waals surface area contributed by atoms with Gasteiger partial charge in [-0.3, -0.25) is 4.79 Å². The van der Waals surface area contributed by atoms with E-state index in [1.165, 1.54) is 37.3 Å². The fourth-order valence-corrected chi connectivity index (χ4v) is 5.02. The number of nitrogens with zero attached hydrogens (tertiary/aromatic N) is 1. The number of carbonyl (C=O) groups excluding carboxylic acids is 1. The summed E-state index contributed by atoms with van der Waals surface area (Å²) in [6.45, 7) is 2.03. The maximum Gasteiger partial charge on any atom is 0.416 e. The predicted molar refractivity (Wildman–Crippen MR) is 141 cm³/mol. The molecule has 7 nitrogen and oxygen atoms in total. The third-order valence-corrected chi connectivity index (χ3v) is 7.03. The molecule has 0 saturated carbocycles. The summed E-state index contributed by atoms with van der Waals surface area (Å²) in [5.74, 6) is 0.821. The minimum absolute atomic E-state index is 0.0191. The van der Waals surface area contributed by atoms with E-state index in [0.29, 0.717) is 29.3 Å². The van der Waals surface area contributed by atoms with Crippen LogP contribution >= 0.6 is 0 Å². The molecule has 0 spiro atoms. The molecule has 0 saturated heterocycles. The van der Waals surface area contributed by atoms with Gasteiger partial charge in [-0.05, 0) is 72.5 Å². The number of rotatable bonds is 6. The van der Waals surface area contributed by atoms with Crippen LogP contribution < -0.4 is 19.8 Å². The Kier molecular flexibility index (Phi) is 7.18. The first-order valence-corrected chi connectivity index (χ1v) is 12.5. The number of halogens is 3. The van der Waals surface area contributed by atoms with Crippen molar-refractivity contribution in [2.75, 3.05) is 27.4 Å². The lowest BCUT2D eigenvalue weighted by molar-refractivity contribution is -0.137. The summed E-state index contributed by atoms with van der Waals surface area (Å²) in [5, 5.41) is 0.758. The molecule has 0 aliphatic carbocycles. The smallest absolute Gasteiger partial charge is 0.416 e.